The number of likely N-dealkylation sites (N-methyl/N-ethyl adjacent to an activating group) is 1. The molecule has 1 fully saturated rings. The van der Waals surface area contributed by atoms with Crippen LogP contribution < -0.4 is 0 Å². The lowest BCUT2D eigenvalue weighted by Crippen LogP contribution is -2.36. The summed E-state index contributed by atoms with van der Waals surface area (Å²) in [5.41, 5.74) is 0.598. The summed E-state index contributed by atoms with van der Waals surface area (Å²) in [6.07, 6.45) is 2.40. The van der Waals surface area contributed by atoms with Gasteiger partial charge >= 0.3 is 0 Å². The van der Waals surface area contributed by atoms with Gasteiger partial charge in [-0.15, -0.1) is 0 Å². The number of carbonyl (C=O) groups excluding carboxylic acids is 1. The quantitative estimate of drug-likeness (QED) is 0.907. The standard InChI is InChI=1S/C17H25FN2O2/c1-4-5-13-10-20(11-15(13)19(2)3)17(22)9-12-6-7-16(21)14(18)8-12/h6-8,13,15,21H,4-5,9-11H2,1-3H3/t13-,15-/m1/s1. The highest BCUT2D eigenvalue weighted by molar-refractivity contribution is 5.79. The Morgan fingerprint density at radius 3 is 2.73 bits per heavy atom. The molecule has 122 valence electrons. The number of likely N-dealkylation sites (tertiary alicyclic amines) is 1. The zero-order valence-corrected chi connectivity index (χ0v) is 13.6. The first-order valence-corrected chi connectivity index (χ1v) is 7.84. The van der Waals surface area contributed by atoms with Crippen LogP contribution in [0.15, 0.2) is 18.2 Å². The average molecular weight is 308 g/mol. The SMILES string of the molecule is CCC[C@@H]1CN(C(=O)Cc2ccc(O)c(F)c2)C[C@H]1N(C)C. The normalized spacial score (nSPS) is 21.6. The Labute approximate surface area is 131 Å². The van der Waals surface area contributed by atoms with E-state index < -0.39 is 5.82 Å². The van der Waals surface area contributed by atoms with E-state index >= 15 is 0 Å². The Bertz CT molecular complexity index is 533. The number of rotatable bonds is 5. The lowest BCUT2D eigenvalue weighted by atomic mass is 9.98. The molecule has 1 amide bonds. The van der Waals surface area contributed by atoms with Gasteiger partial charge in [-0.1, -0.05) is 19.4 Å². The summed E-state index contributed by atoms with van der Waals surface area (Å²) in [6, 6.07) is 4.51. The summed E-state index contributed by atoms with van der Waals surface area (Å²) in [7, 11) is 4.10. The molecule has 0 aliphatic carbocycles. The predicted octanol–water partition coefficient (Wildman–Crippen LogP) is 2.26. The van der Waals surface area contributed by atoms with Crippen LogP contribution in [0.3, 0.4) is 0 Å². The number of hydrogen-bond acceptors (Lipinski definition) is 3. The maximum Gasteiger partial charge on any atom is 0.227 e. The van der Waals surface area contributed by atoms with Gasteiger partial charge < -0.3 is 14.9 Å². The van der Waals surface area contributed by atoms with Crippen molar-refractivity contribution in [3.8, 4) is 5.75 Å². The molecule has 4 nitrogen and oxygen atoms in total. The van der Waals surface area contributed by atoms with E-state index in [9.17, 15) is 14.3 Å². The second-order valence-electron chi connectivity index (χ2n) is 6.34. The minimum atomic E-state index is -0.679. The van der Waals surface area contributed by atoms with Crippen LogP contribution in [0.5, 0.6) is 5.75 Å². The Hall–Kier alpha value is -1.62. The van der Waals surface area contributed by atoms with Crippen LogP contribution in [-0.4, -0.2) is 54.0 Å². The molecule has 2 atom stereocenters. The topological polar surface area (TPSA) is 43.8 Å². The summed E-state index contributed by atoms with van der Waals surface area (Å²) >= 11 is 0. The second-order valence-corrected chi connectivity index (χ2v) is 6.34. The van der Waals surface area contributed by atoms with Crippen molar-refractivity contribution < 1.29 is 14.3 Å². The first-order chi connectivity index (χ1) is 10.4. The second kappa shape index (κ2) is 7.09. The molecule has 1 N–H and O–H groups in total. The molecule has 1 aliphatic rings. The maximum absolute atomic E-state index is 13.4. The molecule has 2 rings (SSSR count). The summed E-state index contributed by atoms with van der Waals surface area (Å²) in [5.74, 6) is -0.536. The van der Waals surface area contributed by atoms with Gasteiger partial charge in [0, 0.05) is 19.1 Å². The molecule has 0 saturated carbocycles. The number of hydrogen-bond donors (Lipinski definition) is 1. The van der Waals surface area contributed by atoms with Gasteiger partial charge in [-0.05, 0) is 44.1 Å². The highest BCUT2D eigenvalue weighted by Gasteiger charge is 2.35. The highest BCUT2D eigenvalue weighted by atomic mass is 19.1. The highest BCUT2D eigenvalue weighted by Crippen LogP contribution is 2.25. The van der Waals surface area contributed by atoms with Gasteiger partial charge in [0.25, 0.3) is 0 Å². The fourth-order valence-electron chi connectivity index (χ4n) is 3.24. The van der Waals surface area contributed by atoms with Crippen molar-refractivity contribution in [1.82, 2.24) is 9.80 Å². The van der Waals surface area contributed by atoms with Crippen molar-refractivity contribution in [3.63, 3.8) is 0 Å². The monoisotopic (exact) mass is 308 g/mol. The number of amides is 1. The molecular formula is C17H25FN2O2. The third-order valence-electron chi connectivity index (χ3n) is 4.45. The molecule has 22 heavy (non-hydrogen) atoms. The van der Waals surface area contributed by atoms with E-state index in [0.717, 1.165) is 25.9 Å². The molecular weight excluding hydrogens is 283 g/mol. The fourth-order valence-corrected chi connectivity index (χ4v) is 3.24. The largest absolute Gasteiger partial charge is 0.505 e. The fraction of sp³-hybridized carbons (Fsp3) is 0.588. The van der Waals surface area contributed by atoms with Gasteiger partial charge in [0.2, 0.25) is 5.91 Å². The van der Waals surface area contributed by atoms with E-state index in [1.807, 2.05) is 4.90 Å². The maximum atomic E-state index is 13.4. The molecule has 0 bridgehead atoms. The average Bonchev–Trinajstić information content (AvgIpc) is 2.88. The smallest absolute Gasteiger partial charge is 0.227 e. The number of halogens is 1. The molecule has 0 spiro atoms. The van der Waals surface area contributed by atoms with Gasteiger partial charge in [0.05, 0.1) is 6.42 Å². The summed E-state index contributed by atoms with van der Waals surface area (Å²) in [4.78, 5) is 16.5. The number of carbonyl (C=O) groups is 1. The molecule has 5 heteroatoms. The minimum Gasteiger partial charge on any atom is -0.505 e. The third-order valence-corrected chi connectivity index (χ3v) is 4.45. The molecule has 0 unspecified atom stereocenters. The van der Waals surface area contributed by atoms with Crippen molar-refractivity contribution in [3.05, 3.63) is 29.6 Å². The van der Waals surface area contributed by atoms with E-state index in [2.05, 4.69) is 25.9 Å². The van der Waals surface area contributed by atoms with Crippen LogP contribution in [0.2, 0.25) is 0 Å². The van der Waals surface area contributed by atoms with E-state index in [4.69, 9.17) is 0 Å². The van der Waals surface area contributed by atoms with Crippen molar-refractivity contribution in [2.75, 3.05) is 27.2 Å². The summed E-state index contributed by atoms with van der Waals surface area (Å²) in [5, 5.41) is 9.20. The number of phenolic OH excluding ortho intramolecular Hbond substituents is 1. The van der Waals surface area contributed by atoms with Crippen LogP contribution in [0.25, 0.3) is 0 Å². The first kappa shape index (κ1) is 16.7. The number of benzene rings is 1. The predicted molar refractivity (Wildman–Crippen MR) is 84.2 cm³/mol. The Balaban J connectivity index is 2.02. The van der Waals surface area contributed by atoms with E-state index in [0.29, 0.717) is 17.5 Å². The molecule has 1 saturated heterocycles. The van der Waals surface area contributed by atoms with E-state index in [1.54, 1.807) is 6.07 Å². The van der Waals surface area contributed by atoms with Crippen molar-refractivity contribution in [2.24, 2.45) is 5.92 Å². The Kier molecular flexibility index (Phi) is 5.40. The molecule has 1 heterocycles. The Morgan fingerprint density at radius 1 is 1.41 bits per heavy atom. The Morgan fingerprint density at radius 2 is 2.14 bits per heavy atom. The molecule has 0 aromatic heterocycles. The third kappa shape index (κ3) is 3.77. The van der Waals surface area contributed by atoms with Gasteiger partial charge in [-0.3, -0.25) is 4.79 Å². The lowest BCUT2D eigenvalue weighted by Gasteiger charge is -2.24. The van der Waals surface area contributed by atoms with Crippen molar-refractivity contribution in [2.45, 2.75) is 32.2 Å². The van der Waals surface area contributed by atoms with Crippen LogP contribution in [0, 0.1) is 11.7 Å². The molecule has 1 aliphatic heterocycles. The number of aromatic hydroxyl groups is 1. The lowest BCUT2D eigenvalue weighted by molar-refractivity contribution is -0.129. The molecule has 1 aromatic carbocycles. The van der Waals surface area contributed by atoms with Crippen molar-refractivity contribution >= 4 is 5.91 Å². The van der Waals surface area contributed by atoms with E-state index in [-0.39, 0.29) is 18.1 Å². The minimum absolute atomic E-state index is 0.0237. The number of phenols is 1. The van der Waals surface area contributed by atoms with Crippen LogP contribution >= 0.6 is 0 Å². The summed E-state index contributed by atoms with van der Waals surface area (Å²) in [6.45, 7) is 3.67. The van der Waals surface area contributed by atoms with Gasteiger partial charge in [-0.25, -0.2) is 4.39 Å². The molecule has 1 aromatic rings. The first-order valence-electron chi connectivity index (χ1n) is 7.84. The zero-order valence-electron chi connectivity index (χ0n) is 13.6. The molecule has 0 radical (unpaired) electrons. The number of nitrogens with zero attached hydrogens (tertiary/aromatic N) is 2. The zero-order chi connectivity index (χ0) is 16.3. The van der Waals surface area contributed by atoms with Crippen molar-refractivity contribution in [1.29, 1.82) is 0 Å². The van der Waals surface area contributed by atoms with E-state index in [1.165, 1.54) is 12.1 Å². The van der Waals surface area contributed by atoms with Gasteiger partial charge in [-0.2, -0.15) is 0 Å². The van der Waals surface area contributed by atoms with Gasteiger partial charge in [0.1, 0.15) is 0 Å². The van der Waals surface area contributed by atoms with Crippen LogP contribution in [0.4, 0.5) is 4.39 Å². The van der Waals surface area contributed by atoms with Gasteiger partial charge in [0.15, 0.2) is 11.6 Å². The van der Waals surface area contributed by atoms with Crippen LogP contribution in [-0.2, 0) is 11.2 Å². The summed E-state index contributed by atoms with van der Waals surface area (Å²) < 4.78 is 13.4. The van der Waals surface area contributed by atoms with Crippen LogP contribution in [0.1, 0.15) is 25.3 Å².